The highest BCUT2D eigenvalue weighted by Gasteiger charge is 2.20. The summed E-state index contributed by atoms with van der Waals surface area (Å²) in [5.41, 5.74) is 4.32. The minimum Gasteiger partial charge on any atom is -0.493 e. The molecular weight excluding hydrogens is 328 g/mol. The Labute approximate surface area is 154 Å². The first kappa shape index (κ1) is 17.9. The van der Waals surface area contributed by atoms with Crippen LogP contribution in [0.1, 0.15) is 18.4 Å². The Morgan fingerprint density at radius 2 is 1.54 bits per heavy atom. The van der Waals surface area contributed by atoms with Gasteiger partial charge in [-0.15, -0.1) is 0 Å². The van der Waals surface area contributed by atoms with Crippen molar-refractivity contribution in [2.45, 2.75) is 12.8 Å². The summed E-state index contributed by atoms with van der Waals surface area (Å²) in [4.78, 5) is 0. The lowest BCUT2D eigenvalue weighted by molar-refractivity contribution is 0.218. The second-order valence-electron chi connectivity index (χ2n) is 5.94. The van der Waals surface area contributed by atoms with Gasteiger partial charge in [-0.2, -0.15) is 0 Å². The first-order valence-electron chi connectivity index (χ1n) is 8.57. The summed E-state index contributed by atoms with van der Waals surface area (Å²) in [6.07, 6.45) is 3.91. The van der Waals surface area contributed by atoms with Crippen molar-refractivity contribution in [2.75, 3.05) is 28.4 Å². The molecule has 0 fully saturated rings. The van der Waals surface area contributed by atoms with Gasteiger partial charge in [0.15, 0.2) is 23.0 Å². The summed E-state index contributed by atoms with van der Waals surface area (Å²) in [6, 6.07) is 14.3. The van der Waals surface area contributed by atoms with Crippen molar-refractivity contribution in [2.24, 2.45) is 0 Å². The first-order valence-corrected chi connectivity index (χ1v) is 8.57. The molecule has 1 aliphatic carbocycles. The van der Waals surface area contributed by atoms with Crippen molar-refractivity contribution in [3.05, 3.63) is 65.6 Å². The lowest BCUT2D eigenvalue weighted by Gasteiger charge is -2.21. The van der Waals surface area contributed by atoms with Crippen LogP contribution in [0, 0.1) is 0 Å². The topological polar surface area (TPSA) is 36.9 Å². The normalized spacial score (nSPS) is 13.9. The first-order chi connectivity index (χ1) is 12.7. The van der Waals surface area contributed by atoms with Crippen LogP contribution in [-0.2, 0) is 9.47 Å². The maximum Gasteiger partial charge on any atom is 0.168 e. The highest BCUT2D eigenvalue weighted by Crippen LogP contribution is 2.40. The minimum absolute atomic E-state index is 0.717. The van der Waals surface area contributed by atoms with Gasteiger partial charge >= 0.3 is 0 Å². The Morgan fingerprint density at radius 1 is 0.769 bits per heavy atom. The van der Waals surface area contributed by atoms with Crippen LogP contribution in [0.5, 0.6) is 11.5 Å². The van der Waals surface area contributed by atoms with Gasteiger partial charge in [-0.05, 0) is 42.2 Å². The number of hydrogen-bond acceptors (Lipinski definition) is 4. The molecule has 0 aliphatic heterocycles. The smallest absolute Gasteiger partial charge is 0.168 e. The number of ether oxygens (including phenoxy) is 4. The van der Waals surface area contributed by atoms with E-state index in [4.69, 9.17) is 18.9 Å². The van der Waals surface area contributed by atoms with Crippen molar-refractivity contribution < 1.29 is 18.9 Å². The molecule has 136 valence electrons. The predicted octanol–water partition coefficient (Wildman–Crippen LogP) is 5.05. The summed E-state index contributed by atoms with van der Waals surface area (Å²) >= 11 is 0. The van der Waals surface area contributed by atoms with Crippen LogP contribution in [0.25, 0.3) is 16.7 Å². The molecule has 0 radical (unpaired) electrons. The summed E-state index contributed by atoms with van der Waals surface area (Å²) in [7, 11) is 6.66. The van der Waals surface area contributed by atoms with Gasteiger partial charge in [-0.3, -0.25) is 0 Å². The summed E-state index contributed by atoms with van der Waals surface area (Å²) in [5.74, 6) is 3.04. The van der Waals surface area contributed by atoms with Crippen molar-refractivity contribution in [3.8, 4) is 22.6 Å². The molecule has 0 bridgehead atoms. The second kappa shape index (κ2) is 8.00. The molecule has 4 nitrogen and oxygen atoms in total. The maximum atomic E-state index is 5.63. The van der Waals surface area contributed by atoms with Gasteiger partial charge in [-0.1, -0.05) is 30.3 Å². The quantitative estimate of drug-likeness (QED) is 0.729. The molecule has 2 aromatic carbocycles. The molecule has 0 aromatic heterocycles. The third kappa shape index (κ3) is 3.27. The SMILES string of the molecule is COC1=CCCC(c2cccc(-c3cccc(OC)c3OC)c2)=C1OC. The predicted molar refractivity (Wildman–Crippen MR) is 103 cm³/mol. The number of methoxy groups -OCH3 is 4. The van der Waals surface area contributed by atoms with Crippen molar-refractivity contribution in [3.63, 3.8) is 0 Å². The molecule has 2 aromatic rings. The Morgan fingerprint density at radius 3 is 2.23 bits per heavy atom. The molecule has 3 rings (SSSR count). The number of hydrogen-bond donors (Lipinski definition) is 0. The zero-order valence-corrected chi connectivity index (χ0v) is 15.7. The molecule has 0 unspecified atom stereocenters. The molecule has 4 heteroatoms. The van der Waals surface area contributed by atoms with E-state index in [2.05, 4.69) is 30.3 Å². The fraction of sp³-hybridized carbons (Fsp3) is 0.273. The van der Waals surface area contributed by atoms with Gasteiger partial charge in [0, 0.05) is 11.1 Å². The lowest BCUT2D eigenvalue weighted by atomic mass is 9.92. The fourth-order valence-corrected chi connectivity index (χ4v) is 3.37. The van der Waals surface area contributed by atoms with Crippen LogP contribution < -0.4 is 9.47 Å². The molecular formula is C22H24O4. The zero-order chi connectivity index (χ0) is 18.5. The Hall–Kier alpha value is -2.88. The highest BCUT2D eigenvalue weighted by atomic mass is 16.5. The molecule has 0 spiro atoms. The zero-order valence-electron chi connectivity index (χ0n) is 15.7. The summed E-state index contributed by atoms with van der Waals surface area (Å²) in [6.45, 7) is 0. The molecule has 0 saturated carbocycles. The van der Waals surface area contributed by atoms with E-state index in [9.17, 15) is 0 Å². The van der Waals surface area contributed by atoms with Crippen LogP contribution in [0.4, 0.5) is 0 Å². The highest BCUT2D eigenvalue weighted by molar-refractivity contribution is 5.79. The van der Waals surface area contributed by atoms with Crippen LogP contribution in [0.15, 0.2) is 60.1 Å². The number of rotatable bonds is 6. The molecule has 26 heavy (non-hydrogen) atoms. The van der Waals surface area contributed by atoms with Gasteiger partial charge < -0.3 is 18.9 Å². The monoisotopic (exact) mass is 352 g/mol. The molecule has 1 aliphatic rings. The van der Waals surface area contributed by atoms with Crippen LogP contribution in [-0.4, -0.2) is 28.4 Å². The fourth-order valence-electron chi connectivity index (χ4n) is 3.37. The van der Waals surface area contributed by atoms with E-state index in [1.165, 1.54) is 0 Å². The van der Waals surface area contributed by atoms with E-state index in [0.717, 1.165) is 58.1 Å². The largest absolute Gasteiger partial charge is 0.493 e. The molecule has 0 saturated heterocycles. The summed E-state index contributed by atoms with van der Waals surface area (Å²) in [5, 5.41) is 0. The number of para-hydroxylation sites is 1. The van der Waals surface area contributed by atoms with E-state index in [1.54, 1.807) is 28.4 Å². The van der Waals surface area contributed by atoms with Gasteiger partial charge in [0.2, 0.25) is 0 Å². The van der Waals surface area contributed by atoms with Crippen molar-refractivity contribution in [1.82, 2.24) is 0 Å². The molecule has 0 amide bonds. The molecule has 0 N–H and O–H groups in total. The number of allylic oxidation sites excluding steroid dienone is 2. The van der Waals surface area contributed by atoms with Crippen LogP contribution in [0.3, 0.4) is 0 Å². The average molecular weight is 352 g/mol. The van der Waals surface area contributed by atoms with Crippen molar-refractivity contribution in [1.29, 1.82) is 0 Å². The lowest BCUT2D eigenvalue weighted by Crippen LogP contribution is -2.05. The van der Waals surface area contributed by atoms with Gasteiger partial charge in [0.05, 0.1) is 28.4 Å². The Bertz CT molecular complexity index is 849. The van der Waals surface area contributed by atoms with E-state index < -0.39 is 0 Å². The minimum atomic E-state index is 0.717. The average Bonchev–Trinajstić information content (AvgIpc) is 2.72. The van der Waals surface area contributed by atoms with E-state index in [0.29, 0.717) is 0 Å². The van der Waals surface area contributed by atoms with Crippen LogP contribution >= 0.6 is 0 Å². The van der Waals surface area contributed by atoms with E-state index >= 15 is 0 Å². The van der Waals surface area contributed by atoms with Gasteiger partial charge in [0.1, 0.15) is 0 Å². The van der Waals surface area contributed by atoms with E-state index in [-0.39, 0.29) is 0 Å². The van der Waals surface area contributed by atoms with E-state index in [1.807, 2.05) is 18.2 Å². The van der Waals surface area contributed by atoms with Crippen LogP contribution in [0.2, 0.25) is 0 Å². The van der Waals surface area contributed by atoms with Gasteiger partial charge in [-0.25, -0.2) is 0 Å². The Kier molecular flexibility index (Phi) is 5.52. The Balaban J connectivity index is 2.10. The molecule has 0 heterocycles. The standard InChI is InChI=1S/C22H24O4/c1-23-19-12-6-10-17(21(19)25-3)15-8-5-9-16(14-15)18-11-7-13-20(24-2)22(18)26-4/h5-6,8-10,12-14H,7,11H2,1-4H3. The molecule has 0 atom stereocenters. The number of benzene rings is 2. The third-order valence-electron chi connectivity index (χ3n) is 4.57. The third-order valence-corrected chi connectivity index (χ3v) is 4.57. The van der Waals surface area contributed by atoms with Gasteiger partial charge in [0.25, 0.3) is 0 Å². The second-order valence-corrected chi connectivity index (χ2v) is 5.94. The maximum absolute atomic E-state index is 5.63. The summed E-state index contributed by atoms with van der Waals surface area (Å²) < 4.78 is 22.1. The van der Waals surface area contributed by atoms with Crippen molar-refractivity contribution >= 4 is 5.57 Å².